The molecule has 2 aromatic carbocycles. The zero-order valence-corrected chi connectivity index (χ0v) is 29.7. The molecule has 0 saturated carbocycles. The molecule has 0 aliphatic carbocycles. The largest absolute Gasteiger partial charge is 0.446 e. The number of rotatable bonds is 3. The average Bonchev–Trinajstić information content (AvgIpc) is 3.72. The number of methoxy groups -OCH3 is 1. The minimum atomic E-state index is -1.80. The van der Waals surface area contributed by atoms with E-state index in [1.807, 2.05) is 32.1 Å². The second kappa shape index (κ2) is 14.2. The minimum Gasteiger partial charge on any atom is -0.446 e. The first-order chi connectivity index (χ1) is 23.0. The van der Waals surface area contributed by atoms with E-state index in [0.29, 0.717) is 22.8 Å². The van der Waals surface area contributed by atoms with E-state index in [1.165, 1.54) is 24.1 Å². The van der Waals surface area contributed by atoms with Crippen molar-refractivity contribution in [2.75, 3.05) is 30.1 Å². The van der Waals surface area contributed by atoms with Crippen LogP contribution in [0.15, 0.2) is 54.1 Å². The molecule has 3 aliphatic heterocycles. The number of epoxide rings is 1. The first kappa shape index (κ1) is 36.5. The molecule has 0 radical (unpaired) electrons. The molecule has 3 heterocycles. The summed E-state index contributed by atoms with van der Waals surface area (Å²) in [7, 11) is 3.05. The fourth-order valence-corrected chi connectivity index (χ4v) is 7.02. The predicted octanol–water partition coefficient (Wildman–Crippen LogP) is 5.91. The van der Waals surface area contributed by atoms with E-state index in [1.54, 1.807) is 39.1 Å². The molecule has 2 aromatic rings. The lowest BCUT2D eigenvalue weighted by Crippen LogP contribution is -2.63. The van der Waals surface area contributed by atoms with Gasteiger partial charge >= 0.3 is 12.2 Å². The molecule has 0 unspecified atom stereocenters. The van der Waals surface area contributed by atoms with Crippen molar-refractivity contribution in [1.29, 1.82) is 0 Å². The number of amides is 3. The number of nitrogens with two attached hydrogens (primary N) is 1. The molecule has 5 N–H and O–H groups in total. The van der Waals surface area contributed by atoms with Crippen molar-refractivity contribution in [3.05, 3.63) is 75.3 Å². The van der Waals surface area contributed by atoms with Crippen LogP contribution in [0.3, 0.4) is 0 Å². The van der Waals surface area contributed by atoms with Gasteiger partial charge in [-0.1, -0.05) is 60.0 Å². The molecule has 7 atom stereocenters. The highest BCUT2D eigenvalue weighted by Gasteiger charge is 2.64. The molecule has 2 fully saturated rings. The lowest BCUT2D eigenvalue weighted by molar-refractivity contribution is -0.142. The number of nitrogen functional groups attached to an aromatic ring is 1. The number of anilines is 3. The molecule has 12 nitrogen and oxygen atoms in total. The Bertz CT molecular complexity index is 1700. The predicted molar refractivity (Wildman–Crippen MR) is 187 cm³/mol. The van der Waals surface area contributed by atoms with Crippen LogP contribution in [0.1, 0.15) is 44.7 Å². The van der Waals surface area contributed by atoms with Gasteiger partial charge in [-0.25, -0.2) is 9.59 Å². The van der Waals surface area contributed by atoms with Crippen molar-refractivity contribution in [3.63, 3.8) is 0 Å². The van der Waals surface area contributed by atoms with Crippen LogP contribution in [0, 0.1) is 12.8 Å². The number of carbonyl (C=O) groups excluding carboxylic acids is 3. The standard InChI is InChI=1S/C35H42Cl2N4O8/c1-18-8-7-9-27(46-6)35(45)17-26(47-33(44)40-35)20(3)31-34(4,49-31)28(48-32(43)39-24-11-10-22(38)15-23(24)36)16-29(42)41(5)25-14-21(12-18)13-19(2)30(25)37/h7-11,13-15,20,26-28,31,45H,12,16-17,38H2,1-6H3,(H,39,43)(H,40,44)/b9-7+,18-8+/t20-,26+,27-,28+,31+,34+,35+/m1/s1. The number of benzene rings is 2. The highest BCUT2D eigenvalue weighted by molar-refractivity contribution is 6.34. The lowest BCUT2D eigenvalue weighted by Gasteiger charge is -2.42. The molecular formula is C35H42Cl2N4O8. The molecule has 0 aromatic heterocycles. The maximum absolute atomic E-state index is 14.0. The Balaban J connectivity index is 1.53. The summed E-state index contributed by atoms with van der Waals surface area (Å²) >= 11 is 13.0. The van der Waals surface area contributed by atoms with Crippen molar-refractivity contribution in [3.8, 4) is 0 Å². The molecular weight excluding hydrogens is 675 g/mol. The van der Waals surface area contributed by atoms with Gasteiger partial charge in [0.05, 0.1) is 33.9 Å². The maximum Gasteiger partial charge on any atom is 0.412 e. The highest BCUT2D eigenvalue weighted by Crippen LogP contribution is 2.49. The summed E-state index contributed by atoms with van der Waals surface area (Å²) in [4.78, 5) is 41.5. The molecule has 3 aliphatic rings. The van der Waals surface area contributed by atoms with Crippen LogP contribution in [0.2, 0.25) is 10.0 Å². The van der Waals surface area contributed by atoms with E-state index in [0.717, 1.165) is 16.7 Å². The van der Waals surface area contributed by atoms with Crippen LogP contribution in [0.5, 0.6) is 0 Å². The van der Waals surface area contributed by atoms with Gasteiger partial charge in [-0.15, -0.1) is 0 Å². The number of allylic oxidation sites excluding steroid dienone is 3. The number of hydrogen-bond acceptors (Lipinski definition) is 9. The van der Waals surface area contributed by atoms with Gasteiger partial charge in [-0.2, -0.15) is 0 Å². The van der Waals surface area contributed by atoms with E-state index in [9.17, 15) is 19.5 Å². The van der Waals surface area contributed by atoms with E-state index in [2.05, 4.69) is 10.6 Å². The zero-order valence-electron chi connectivity index (χ0n) is 28.2. The highest BCUT2D eigenvalue weighted by atomic mass is 35.5. The van der Waals surface area contributed by atoms with E-state index in [4.69, 9.17) is 47.9 Å². The van der Waals surface area contributed by atoms with Gasteiger partial charge in [-0.05, 0) is 62.6 Å². The number of aliphatic hydroxyl groups is 1. The molecule has 4 bridgehead atoms. The van der Waals surface area contributed by atoms with E-state index >= 15 is 0 Å². The number of carbonyl (C=O) groups is 3. The Labute approximate surface area is 295 Å². The second-order valence-corrected chi connectivity index (χ2v) is 14.0. The van der Waals surface area contributed by atoms with Gasteiger partial charge < -0.3 is 34.7 Å². The summed E-state index contributed by atoms with van der Waals surface area (Å²) in [6.45, 7) is 7.34. The first-order valence-electron chi connectivity index (χ1n) is 15.9. The van der Waals surface area contributed by atoms with Gasteiger partial charge in [0.1, 0.15) is 23.9 Å². The monoisotopic (exact) mass is 716 g/mol. The Morgan fingerprint density at radius 3 is 2.63 bits per heavy atom. The quantitative estimate of drug-likeness (QED) is 0.223. The van der Waals surface area contributed by atoms with Crippen molar-refractivity contribution >= 4 is 58.4 Å². The third-order valence-corrected chi connectivity index (χ3v) is 10.2. The number of hydrogen-bond donors (Lipinski definition) is 4. The number of nitrogens with one attached hydrogen (secondary N) is 2. The number of fused-ring (bicyclic) bond motifs is 5. The molecule has 14 heteroatoms. The van der Waals surface area contributed by atoms with E-state index < -0.39 is 53.8 Å². The Hall–Kier alpha value is -3.81. The van der Waals surface area contributed by atoms with Crippen molar-refractivity contribution in [2.24, 2.45) is 5.92 Å². The molecule has 0 spiro atoms. The number of aryl methyl sites for hydroxylation is 1. The number of ether oxygens (including phenoxy) is 4. The zero-order chi connectivity index (χ0) is 35.8. The molecule has 264 valence electrons. The van der Waals surface area contributed by atoms with E-state index in [-0.39, 0.29) is 29.5 Å². The van der Waals surface area contributed by atoms with Crippen LogP contribution in [0.4, 0.5) is 26.7 Å². The van der Waals surface area contributed by atoms with Gasteiger partial charge in [0.15, 0.2) is 5.72 Å². The summed E-state index contributed by atoms with van der Waals surface area (Å²) in [6.07, 6.45) is 0.381. The normalized spacial score (nSPS) is 32.1. The van der Waals surface area contributed by atoms with Crippen molar-refractivity contribution in [2.45, 2.75) is 82.7 Å². The molecule has 49 heavy (non-hydrogen) atoms. The molecule has 2 saturated heterocycles. The maximum atomic E-state index is 14.0. The topological polar surface area (TPSA) is 165 Å². The smallest absolute Gasteiger partial charge is 0.412 e. The molecule has 5 rings (SSSR count). The summed E-state index contributed by atoms with van der Waals surface area (Å²) in [5.41, 5.74) is 6.66. The van der Waals surface area contributed by atoms with Gasteiger partial charge in [0.25, 0.3) is 0 Å². The van der Waals surface area contributed by atoms with Crippen molar-refractivity contribution < 1.29 is 38.4 Å². The number of halogens is 2. The minimum absolute atomic E-state index is 0.0334. The average molecular weight is 718 g/mol. The Morgan fingerprint density at radius 2 is 1.94 bits per heavy atom. The first-order valence-corrected chi connectivity index (χ1v) is 16.6. The number of alkyl carbamates (subject to hydrolysis) is 1. The van der Waals surface area contributed by atoms with Crippen LogP contribution < -0.4 is 21.3 Å². The summed E-state index contributed by atoms with van der Waals surface area (Å²) < 4.78 is 23.4. The second-order valence-electron chi connectivity index (χ2n) is 13.2. The van der Waals surface area contributed by atoms with Gasteiger partial charge in [0.2, 0.25) is 5.91 Å². The fraction of sp³-hybridized carbons (Fsp3) is 0.457. The van der Waals surface area contributed by atoms with Crippen LogP contribution >= 0.6 is 23.2 Å². The Kier molecular flexibility index (Phi) is 10.6. The fourth-order valence-electron chi connectivity index (χ4n) is 6.54. The Morgan fingerprint density at radius 1 is 1.20 bits per heavy atom. The van der Waals surface area contributed by atoms with Crippen LogP contribution in [0.25, 0.3) is 0 Å². The van der Waals surface area contributed by atoms with Crippen molar-refractivity contribution in [1.82, 2.24) is 5.32 Å². The third-order valence-electron chi connectivity index (χ3n) is 9.43. The molecule has 3 amide bonds. The SMILES string of the molecule is CO[C@@H]1/C=C/C=C(\C)Cc2cc(C)c(Cl)c(c2)N(C)C(=O)C[C@H](OC(=O)Nc2ccc(N)cc2Cl)[C@]2(C)O[C@H]2[C@H](C)[C@@H]2C[C@@]1(O)NC(=O)O2. The van der Waals surface area contributed by atoms with Gasteiger partial charge in [-0.3, -0.25) is 15.4 Å². The number of nitrogens with zero attached hydrogens (tertiary/aromatic N) is 1. The summed E-state index contributed by atoms with van der Waals surface area (Å²) in [5.74, 6) is -0.890. The lowest BCUT2D eigenvalue weighted by atomic mass is 9.83. The van der Waals surface area contributed by atoms with Crippen LogP contribution in [-0.4, -0.2) is 73.1 Å². The summed E-state index contributed by atoms with van der Waals surface area (Å²) in [6, 6.07) is 8.40. The summed E-state index contributed by atoms with van der Waals surface area (Å²) in [5, 5.41) is 17.4. The van der Waals surface area contributed by atoms with Crippen LogP contribution in [-0.2, 0) is 30.2 Å². The third kappa shape index (κ3) is 7.84. The van der Waals surface area contributed by atoms with Gasteiger partial charge in [0, 0.05) is 32.2 Å².